The number of aromatic nitrogens is 2. The molecule has 0 aliphatic rings. The molecule has 1 aromatic heterocycles. The molecule has 0 saturated heterocycles. The standard InChI is InChI=1S/C19H16ClFN4O/c1-11-9-13(20)3-8-16(11)24-19-22-12(2)10-17(25-19)18(26)23-15-6-4-14(21)5-7-15/h3-10H,1-2H3,(H,23,26)(H,22,24,25). The lowest BCUT2D eigenvalue weighted by atomic mass is 10.2. The van der Waals surface area contributed by atoms with Crippen LogP contribution in [0.15, 0.2) is 48.5 Å². The summed E-state index contributed by atoms with van der Waals surface area (Å²) in [5.74, 6) is -0.469. The van der Waals surface area contributed by atoms with E-state index >= 15 is 0 Å². The van der Waals surface area contributed by atoms with Gasteiger partial charge in [-0.05, 0) is 67.9 Å². The molecule has 7 heteroatoms. The van der Waals surface area contributed by atoms with Crippen LogP contribution in [0, 0.1) is 19.7 Å². The molecular weight excluding hydrogens is 355 g/mol. The van der Waals surface area contributed by atoms with Crippen molar-refractivity contribution in [2.45, 2.75) is 13.8 Å². The van der Waals surface area contributed by atoms with Crippen molar-refractivity contribution in [3.05, 3.63) is 76.3 Å². The van der Waals surface area contributed by atoms with E-state index in [9.17, 15) is 9.18 Å². The molecule has 2 N–H and O–H groups in total. The number of hydrogen-bond donors (Lipinski definition) is 2. The van der Waals surface area contributed by atoms with Crippen molar-refractivity contribution in [2.75, 3.05) is 10.6 Å². The molecule has 3 aromatic rings. The highest BCUT2D eigenvalue weighted by atomic mass is 35.5. The third-order valence-corrected chi connectivity index (χ3v) is 3.86. The summed E-state index contributed by atoms with van der Waals surface area (Å²) in [6.45, 7) is 3.68. The number of hydrogen-bond acceptors (Lipinski definition) is 4. The Hall–Kier alpha value is -2.99. The van der Waals surface area contributed by atoms with Crippen LogP contribution in [0.1, 0.15) is 21.7 Å². The molecule has 1 heterocycles. The molecule has 0 saturated carbocycles. The number of aryl methyl sites for hydroxylation is 2. The van der Waals surface area contributed by atoms with Gasteiger partial charge in [0.2, 0.25) is 5.95 Å². The Morgan fingerprint density at radius 2 is 1.77 bits per heavy atom. The Labute approximate surface area is 155 Å². The van der Waals surface area contributed by atoms with Crippen molar-refractivity contribution >= 4 is 34.8 Å². The van der Waals surface area contributed by atoms with E-state index in [1.165, 1.54) is 24.3 Å². The van der Waals surface area contributed by atoms with Crippen LogP contribution in [-0.2, 0) is 0 Å². The van der Waals surface area contributed by atoms with Crippen LogP contribution < -0.4 is 10.6 Å². The zero-order chi connectivity index (χ0) is 18.7. The van der Waals surface area contributed by atoms with Crippen molar-refractivity contribution in [2.24, 2.45) is 0 Å². The molecule has 0 fully saturated rings. The molecule has 1 amide bonds. The molecule has 0 atom stereocenters. The SMILES string of the molecule is Cc1cc(C(=O)Nc2ccc(F)cc2)nc(Nc2ccc(Cl)cc2C)n1. The molecule has 5 nitrogen and oxygen atoms in total. The number of nitrogens with one attached hydrogen (secondary N) is 2. The smallest absolute Gasteiger partial charge is 0.274 e. The van der Waals surface area contributed by atoms with E-state index in [1.807, 2.05) is 19.1 Å². The minimum atomic E-state index is -0.405. The van der Waals surface area contributed by atoms with Crippen LogP contribution >= 0.6 is 11.6 Å². The first-order valence-corrected chi connectivity index (χ1v) is 8.24. The first-order valence-electron chi connectivity index (χ1n) is 7.86. The van der Waals surface area contributed by atoms with Gasteiger partial charge in [0.15, 0.2) is 0 Å². The Morgan fingerprint density at radius 3 is 2.46 bits per heavy atom. The number of nitrogens with zero attached hydrogens (tertiary/aromatic N) is 2. The molecule has 0 aliphatic carbocycles. The van der Waals surface area contributed by atoms with Gasteiger partial charge in [-0.25, -0.2) is 14.4 Å². The minimum absolute atomic E-state index is 0.205. The third-order valence-electron chi connectivity index (χ3n) is 3.62. The number of anilines is 3. The van der Waals surface area contributed by atoms with E-state index in [0.29, 0.717) is 22.4 Å². The maximum Gasteiger partial charge on any atom is 0.274 e. The van der Waals surface area contributed by atoms with Gasteiger partial charge in [-0.2, -0.15) is 0 Å². The maximum absolute atomic E-state index is 13.0. The molecule has 0 spiro atoms. The summed E-state index contributed by atoms with van der Waals surface area (Å²) < 4.78 is 13.0. The second-order valence-electron chi connectivity index (χ2n) is 5.76. The highest BCUT2D eigenvalue weighted by molar-refractivity contribution is 6.30. The number of amides is 1. The average molecular weight is 371 g/mol. The van der Waals surface area contributed by atoms with Gasteiger partial charge in [0.05, 0.1) is 0 Å². The Bertz CT molecular complexity index is 960. The lowest BCUT2D eigenvalue weighted by Crippen LogP contribution is -2.15. The highest BCUT2D eigenvalue weighted by Crippen LogP contribution is 2.22. The molecule has 0 aliphatic heterocycles. The number of benzene rings is 2. The second-order valence-corrected chi connectivity index (χ2v) is 6.20. The first-order chi connectivity index (χ1) is 12.4. The molecule has 3 rings (SSSR count). The molecule has 0 radical (unpaired) electrons. The van der Waals surface area contributed by atoms with Gasteiger partial charge in [0, 0.05) is 22.1 Å². The number of carbonyl (C=O) groups excluding carboxylic acids is 1. The highest BCUT2D eigenvalue weighted by Gasteiger charge is 2.12. The largest absolute Gasteiger partial charge is 0.324 e. The van der Waals surface area contributed by atoms with Gasteiger partial charge in [0.25, 0.3) is 5.91 Å². The van der Waals surface area contributed by atoms with Crippen LogP contribution in [0.25, 0.3) is 0 Å². The van der Waals surface area contributed by atoms with Gasteiger partial charge < -0.3 is 10.6 Å². The van der Waals surface area contributed by atoms with Crippen LogP contribution in [-0.4, -0.2) is 15.9 Å². The average Bonchev–Trinajstić information content (AvgIpc) is 2.59. The fourth-order valence-electron chi connectivity index (χ4n) is 2.36. The Balaban J connectivity index is 1.82. The van der Waals surface area contributed by atoms with Crippen molar-refractivity contribution < 1.29 is 9.18 Å². The normalized spacial score (nSPS) is 10.5. The van der Waals surface area contributed by atoms with Gasteiger partial charge in [-0.3, -0.25) is 4.79 Å². The lowest BCUT2D eigenvalue weighted by Gasteiger charge is -2.11. The van der Waals surface area contributed by atoms with E-state index in [2.05, 4.69) is 20.6 Å². The van der Waals surface area contributed by atoms with Crippen molar-refractivity contribution in [3.63, 3.8) is 0 Å². The second kappa shape index (κ2) is 7.49. The fourth-order valence-corrected chi connectivity index (χ4v) is 2.58. The molecule has 2 aromatic carbocycles. The number of rotatable bonds is 4. The number of carbonyl (C=O) groups is 1. The zero-order valence-electron chi connectivity index (χ0n) is 14.2. The molecule has 0 unspecified atom stereocenters. The molecular formula is C19H16ClFN4O. The monoisotopic (exact) mass is 370 g/mol. The zero-order valence-corrected chi connectivity index (χ0v) is 14.9. The first kappa shape index (κ1) is 17.8. The van der Waals surface area contributed by atoms with Gasteiger partial charge >= 0.3 is 0 Å². The van der Waals surface area contributed by atoms with Crippen LogP contribution in [0.2, 0.25) is 5.02 Å². The summed E-state index contributed by atoms with van der Waals surface area (Å²) in [7, 11) is 0. The summed E-state index contributed by atoms with van der Waals surface area (Å²) in [6, 6.07) is 12.5. The summed E-state index contributed by atoms with van der Waals surface area (Å²) >= 11 is 5.96. The Kier molecular flexibility index (Phi) is 5.14. The van der Waals surface area contributed by atoms with Crippen molar-refractivity contribution in [1.29, 1.82) is 0 Å². The quantitative estimate of drug-likeness (QED) is 0.686. The van der Waals surface area contributed by atoms with E-state index in [-0.39, 0.29) is 11.5 Å². The van der Waals surface area contributed by atoms with Gasteiger partial charge in [-0.15, -0.1) is 0 Å². The lowest BCUT2D eigenvalue weighted by molar-refractivity contribution is 0.102. The fraction of sp³-hybridized carbons (Fsp3) is 0.105. The van der Waals surface area contributed by atoms with Crippen LogP contribution in [0.5, 0.6) is 0 Å². The summed E-state index contributed by atoms with van der Waals surface area (Å²) in [5, 5.41) is 6.41. The van der Waals surface area contributed by atoms with E-state index in [1.54, 1.807) is 19.1 Å². The van der Waals surface area contributed by atoms with E-state index < -0.39 is 5.91 Å². The number of halogens is 2. The predicted octanol–water partition coefficient (Wildman–Crippen LogP) is 4.88. The van der Waals surface area contributed by atoms with Gasteiger partial charge in [-0.1, -0.05) is 11.6 Å². The van der Waals surface area contributed by atoms with Gasteiger partial charge in [0.1, 0.15) is 11.5 Å². The predicted molar refractivity (Wildman–Crippen MR) is 101 cm³/mol. The summed E-state index contributed by atoms with van der Waals surface area (Å²) in [5.41, 5.74) is 3.05. The third kappa shape index (κ3) is 4.34. The van der Waals surface area contributed by atoms with Crippen LogP contribution in [0.4, 0.5) is 21.7 Å². The Morgan fingerprint density at radius 1 is 1.04 bits per heavy atom. The van der Waals surface area contributed by atoms with E-state index in [0.717, 1.165) is 11.3 Å². The summed E-state index contributed by atoms with van der Waals surface area (Å²) in [4.78, 5) is 21.0. The minimum Gasteiger partial charge on any atom is -0.324 e. The molecule has 26 heavy (non-hydrogen) atoms. The maximum atomic E-state index is 13.0. The van der Waals surface area contributed by atoms with Crippen LogP contribution in [0.3, 0.4) is 0 Å². The summed E-state index contributed by atoms with van der Waals surface area (Å²) in [6.07, 6.45) is 0. The topological polar surface area (TPSA) is 66.9 Å². The van der Waals surface area contributed by atoms with E-state index in [4.69, 9.17) is 11.6 Å². The molecule has 0 bridgehead atoms. The van der Waals surface area contributed by atoms with Crippen molar-refractivity contribution in [1.82, 2.24) is 9.97 Å². The molecule has 132 valence electrons. The van der Waals surface area contributed by atoms with Crippen molar-refractivity contribution in [3.8, 4) is 0 Å².